The molecule has 1 aromatic heterocycles. The van der Waals surface area contributed by atoms with Crippen LogP contribution in [0, 0.1) is 0 Å². The van der Waals surface area contributed by atoms with Crippen molar-refractivity contribution in [3.05, 3.63) is 217 Å². The van der Waals surface area contributed by atoms with E-state index in [-0.39, 0.29) is 5.41 Å². The van der Waals surface area contributed by atoms with Crippen LogP contribution in [0.4, 0.5) is 0 Å². The van der Waals surface area contributed by atoms with Crippen LogP contribution in [0.1, 0.15) is 25.0 Å². The van der Waals surface area contributed by atoms with E-state index in [1.807, 2.05) is 0 Å². The summed E-state index contributed by atoms with van der Waals surface area (Å²) < 4.78 is 6.76. The fourth-order valence-corrected chi connectivity index (χ4v) is 11.7. The maximum absolute atomic E-state index is 6.76. The van der Waals surface area contributed by atoms with Gasteiger partial charge in [-0.15, -0.1) is 0 Å². The molecule has 0 fully saturated rings. The van der Waals surface area contributed by atoms with Crippen molar-refractivity contribution in [1.82, 2.24) is 0 Å². The quantitative estimate of drug-likeness (QED) is 0.128. The summed E-state index contributed by atoms with van der Waals surface area (Å²) in [5, 5.41) is 17.3. The zero-order valence-electron chi connectivity index (χ0n) is 35.5. The average molecular weight is 813 g/mol. The summed E-state index contributed by atoms with van der Waals surface area (Å²) >= 11 is 0. The number of furan rings is 1. The van der Waals surface area contributed by atoms with Crippen molar-refractivity contribution < 1.29 is 4.42 Å². The number of fused-ring (bicyclic) bond motifs is 16. The lowest BCUT2D eigenvalue weighted by atomic mass is 9.81. The number of benzene rings is 12. The van der Waals surface area contributed by atoms with Gasteiger partial charge in [-0.05, 0) is 151 Å². The van der Waals surface area contributed by atoms with Crippen LogP contribution in [-0.4, -0.2) is 0 Å². The Balaban J connectivity index is 0.994. The van der Waals surface area contributed by atoms with Gasteiger partial charge in [0.25, 0.3) is 0 Å². The van der Waals surface area contributed by atoms with E-state index in [2.05, 4.69) is 220 Å². The average Bonchev–Trinajstić information content (AvgIpc) is 3.83. The lowest BCUT2D eigenvalue weighted by Gasteiger charge is -2.22. The summed E-state index contributed by atoms with van der Waals surface area (Å²) in [7, 11) is 0. The molecule has 298 valence electrons. The zero-order valence-corrected chi connectivity index (χ0v) is 35.5. The van der Waals surface area contributed by atoms with Crippen molar-refractivity contribution in [3.8, 4) is 44.5 Å². The molecule has 1 heterocycles. The molecule has 1 heteroatoms. The van der Waals surface area contributed by atoms with E-state index >= 15 is 0 Å². The third-order valence-corrected chi connectivity index (χ3v) is 14.6. The van der Waals surface area contributed by atoms with E-state index in [0.717, 1.165) is 21.9 Å². The predicted octanol–water partition coefficient (Wildman–Crippen LogP) is 17.8. The van der Waals surface area contributed by atoms with Crippen LogP contribution in [0.2, 0.25) is 0 Å². The van der Waals surface area contributed by atoms with Gasteiger partial charge < -0.3 is 4.42 Å². The second-order valence-corrected chi connectivity index (χ2v) is 18.3. The third-order valence-electron chi connectivity index (χ3n) is 14.6. The first-order valence-electron chi connectivity index (χ1n) is 22.4. The van der Waals surface area contributed by atoms with Gasteiger partial charge in [-0.1, -0.05) is 190 Å². The summed E-state index contributed by atoms with van der Waals surface area (Å²) in [4.78, 5) is 0. The molecular formula is C63H40O. The van der Waals surface area contributed by atoms with Crippen LogP contribution in [0.15, 0.2) is 211 Å². The number of hydrogen-bond donors (Lipinski definition) is 0. The third kappa shape index (κ3) is 4.84. The van der Waals surface area contributed by atoms with Crippen molar-refractivity contribution in [3.63, 3.8) is 0 Å². The maximum Gasteiger partial charge on any atom is 0.136 e. The maximum atomic E-state index is 6.76. The molecule has 0 aliphatic heterocycles. The first-order valence-corrected chi connectivity index (χ1v) is 22.4. The summed E-state index contributed by atoms with van der Waals surface area (Å²) in [6.07, 6.45) is 0. The molecular weight excluding hydrogens is 773 g/mol. The Hall–Kier alpha value is -8.00. The van der Waals surface area contributed by atoms with Gasteiger partial charge in [-0.25, -0.2) is 0 Å². The fraction of sp³-hybridized carbons (Fsp3) is 0.0476. The van der Waals surface area contributed by atoms with Gasteiger partial charge in [0.15, 0.2) is 0 Å². The van der Waals surface area contributed by atoms with Gasteiger partial charge in [0.05, 0.1) is 0 Å². The topological polar surface area (TPSA) is 13.1 Å². The lowest BCUT2D eigenvalue weighted by Crippen LogP contribution is -2.14. The Morgan fingerprint density at radius 3 is 1.53 bits per heavy atom. The van der Waals surface area contributed by atoms with Crippen molar-refractivity contribution in [2.24, 2.45) is 0 Å². The van der Waals surface area contributed by atoms with Crippen LogP contribution >= 0.6 is 0 Å². The van der Waals surface area contributed by atoms with E-state index in [4.69, 9.17) is 4.42 Å². The summed E-state index contributed by atoms with van der Waals surface area (Å²) in [5.41, 5.74) is 14.7. The Kier molecular flexibility index (Phi) is 7.24. The van der Waals surface area contributed by atoms with Crippen molar-refractivity contribution in [1.29, 1.82) is 0 Å². The van der Waals surface area contributed by atoms with Crippen molar-refractivity contribution >= 4 is 86.6 Å². The molecule has 0 saturated heterocycles. The number of hydrogen-bond acceptors (Lipinski definition) is 1. The molecule has 0 saturated carbocycles. The molecule has 0 bridgehead atoms. The summed E-state index contributed by atoms with van der Waals surface area (Å²) in [5.74, 6) is 0. The molecule has 0 amide bonds. The standard InChI is InChI=1S/C63H40O/c1-63(2)56-26-13-12-23-50(56)62-45-25-14-24-44(42(45)30-31-57(62)63)61-48-21-10-8-19-46(48)60(47-20-9-11-22-49(47)61)39-28-32-58-54(34-39)55-35-52-41-18-7-6-17-40(41)51-33-38(37-15-4-3-5-16-37)27-29-43(51)53(52)36-59(55)64-58/h3-36H,1-2H3. The highest BCUT2D eigenvalue weighted by atomic mass is 16.3. The Labute approximate surface area is 370 Å². The van der Waals surface area contributed by atoms with Gasteiger partial charge in [0.1, 0.15) is 11.2 Å². The highest BCUT2D eigenvalue weighted by molar-refractivity contribution is 6.29. The minimum Gasteiger partial charge on any atom is -0.456 e. The van der Waals surface area contributed by atoms with Gasteiger partial charge in [-0.2, -0.15) is 0 Å². The zero-order chi connectivity index (χ0) is 42.3. The molecule has 0 radical (unpaired) electrons. The first-order chi connectivity index (χ1) is 31.5. The van der Waals surface area contributed by atoms with Crippen LogP contribution in [0.25, 0.3) is 131 Å². The molecule has 1 aliphatic carbocycles. The molecule has 0 atom stereocenters. The lowest BCUT2D eigenvalue weighted by molar-refractivity contribution is 0.661. The normalized spacial score (nSPS) is 13.3. The SMILES string of the molecule is CC1(C)c2ccccc2-c2c1ccc1c(-c3c4ccccc4c(-c4ccc5oc6cc7c8ccc(-c9ccccc9)cc8c8ccccc8c7cc6c5c4)c4ccccc34)cccc21. The molecule has 0 N–H and O–H groups in total. The van der Waals surface area contributed by atoms with E-state index in [1.54, 1.807) is 0 Å². The smallest absolute Gasteiger partial charge is 0.136 e. The molecule has 1 nitrogen and oxygen atoms in total. The molecule has 13 aromatic rings. The monoisotopic (exact) mass is 812 g/mol. The van der Waals surface area contributed by atoms with Crippen LogP contribution in [-0.2, 0) is 5.41 Å². The molecule has 0 unspecified atom stereocenters. The van der Waals surface area contributed by atoms with Gasteiger partial charge >= 0.3 is 0 Å². The highest BCUT2D eigenvalue weighted by Crippen LogP contribution is 2.53. The minimum atomic E-state index is -0.0545. The Morgan fingerprint density at radius 2 is 0.781 bits per heavy atom. The summed E-state index contributed by atoms with van der Waals surface area (Å²) in [6.45, 7) is 4.73. The Bertz CT molecular complexity index is 4090. The van der Waals surface area contributed by atoms with Crippen LogP contribution < -0.4 is 0 Å². The van der Waals surface area contributed by atoms with E-state index in [1.165, 1.54) is 120 Å². The van der Waals surface area contributed by atoms with Gasteiger partial charge in [-0.3, -0.25) is 0 Å². The fourth-order valence-electron chi connectivity index (χ4n) is 11.7. The number of rotatable bonds is 3. The predicted molar refractivity (Wildman–Crippen MR) is 273 cm³/mol. The Morgan fingerprint density at radius 1 is 0.266 bits per heavy atom. The first kappa shape index (κ1) is 35.6. The second kappa shape index (κ2) is 13.0. The molecule has 14 rings (SSSR count). The van der Waals surface area contributed by atoms with Crippen LogP contribution in [0.5, 0.6) is 0 Å². The minimum absolute atomic E-state index is 0.0545. The molecule has 1 aliphatic rings. The van der Waals surface area contributed by atoms with E-state index in [9.17, 15) is 0 Å². The molecule has 12 aromatic carbocycles. The van der Waals surface area contributed by atoms with Crippen molar-refractivity contribution in [2.45, 2.75) is 19.3 Å². The second-order valence-electron chi connectivity index (χ2n) is 18.3. The molecule has 64 heavy (non-hydrogen) atoms. The summed E-state index contributed by atoms with van der Waals surface area (Å²) in [6, 6.07) is 76.6. The van der Waals surface area contributed by atoms with Gasteiger partial charge in [0, 0.05) is 16.2 Å². The van der Waals surface area contributed by atoms with E-state index < -0.39 is 0 Å². The van der Waals surface area contributed by atoms with E-state index in [0.29, 0.717) is 0 Å². The van der Waals surface area contributed by atoms with Crippen molar-refractivity contribution in [2.75, 3.05) is 0 Å². The largest absolute Gasteiger partial charge is 0.456 e. The van der Waals surface area contributed by atoms with Crippen LogP contribution in [0.3, 0.4) is 0 Å². The molecule has 0 spiro atoms. The van der Waals surface area contributed by atoms with Gasteiger partial charge in [0.2, 0.25) is 0 Å². The highest BCUT2D eigenvalue weighted by Gasteiger charge is 2.36.